The third kappa shape index (κ3) is 3.27. The van der Waals surface area contributed by atoms with Gasteiger partial charge in [-0.2, -0.15) is 0 Å². The second-order valence-electron chi connectivity index (χ2n) is 6.85. The van der Waals surface area contributed by atoms with Gasteiger partial charge in [0, 0.05) is 22.6 Å². The van der Waals surface area contributed by atoms with E-state index in [1.165, 1.54) is 6.07 Å². The summed E-state index contributed by atoms with van der Waals surface area (Å²) in [7, 11) is 0. The number of fused-ring (bicyclic) bond motifs is 2. The normalized spacial score (nSPS) is 17.4. The molecular weight excluding hydrogens is 390 g/mol. The molecule has 0 saturated carbocycles. The molecule has 5 rings (SSSR count). The van der Waals surface area contributed by atoms with Crippen LogP contribution in [0.5, 0.6) is 17.2 Å². The van der Waals surface area contributed by atoms with Gasteiger partial charge < -0.3 is 19.0 Å². The molecule has 3 heterocycles. The summed E-state index contributed by atoms with van der Waals surface area (Å²) in [4.78, 5) is 18.3. The minimum Gasteiger partial charge on any atom is -0.507 e. The van der Waals surface area contributed by atoms with Crippen LogP contribution in [0, 0.1) is 6.92 Å². The van der Waals surface area contributed by atoms with Crippen molar-refractivity contribution in [2.24, 2.45) is 4.99 Å². The fourth-order valence-corrected chi connectivity index (χ4v) is 4.75. The van der Waals surface area contributed by atoms with Gasteiger partial charge in [0.2, 0.25) is 6.79 Å². The number of aryl methyl sites for hydroxylation is 1. The molecule has 0 radical (unpaired) electrons. The predicted molar refractivity (Wildman–Crippen MR) is 110 cm³/mol. The zero-order chi connectivity index (χ0) is 20.0. The van der Waals surface area contributed by atoms with E-state index in [-0.39, 0.29) is 23.4 Å². The minimum atomic E-state index is -0.588. The fourth-order valence-electron chi connectivity index (χ4n) is 3.53. The van der Waals surface area contributed by atoms with Crippen LogP contribution in [-0.2, 0) is 0 Å². The number of aromatic hydroxyl groups is 1. The summed E-state index contributed by atoms with van der Waals surface area (Å²) in [5.74, 6) is 1.66. The van der Waals surface area contributed by atoms with Crippen molar-refractivity contribution >= 4 is 23.2 Å². The van der Waals surface area contributed by atoms with Gasteiger partial charge in [0.25, 0.3) is 0 Å². The van der Waals surface area contributed by atoms with E-state index in [4.69, 9.17) is 18.9 Å². The van der Waals surface area contributed by atoms with Gasteiger partial charge in [-0.1, -0.05) is 18.2 Å². The van der Waals surface area contributed by atoms with Crippen molar-refractivity contribution in [2.45, 2.75) is 23.5 Å². The molecule has 0 unspecified atom stereocenters. The Hall–Kier alpha value is -3.19. The van der Waals surface area contributed by atoms with Gasteiger partial charge in [-0.05, 0) is 36.8 Å². The molecule has 1 aromatic heterocycles. The van der Waals surface area contributed by atoms with Gasteiger partial charge in [0.1, 0.15) is 17.1 Å². The van der Waals surface area contributed by atoms with Crippen molar-refractivity contribution in [1.82, 2.24) is 0 Å². The lowest BCUT2D eigenvalue weighted by atomic mass is 10.0. The van der Waals surface area contributed by atoms with Crippen LogP contribution in [0.2, 0.25) is 0 Å². The molecule has 7 heteroatoms. The van der Waals surface area contributed by atoms with Gasteiger partial charge in [-0.15, -0.1) is 11.8 Å². The molecule has 0 aliphatic carbocycles. The lowest BCUT2D eigenvalue weighted by Gasteiger charge is -2.16. The lowest BCUT2D eigenvalue weighted by molar-refractivity contribution is 0.174. The Kier molecular flexibility index (Phi) is 4.32. The molecule has 0 saturated heterocycles. The van der Waals surface area contributed by atoms with E-state index in [1.807, 2.05) is 42.5 Å². The van der Waals surface area contributed by atoms with Gasteiger partial charge in [0.15, 0.2) is 11.5 Å². The summed E-state index contributed by atoms with van der Waals surface area (Å²) in [5.41, 5.74) is 1.81. The van der Waals surface area contributed by atoms with Crippen LogP contribution >= 0.6 is 11.8 Å². The number of nitrogens with zero attached hydrogens (tertiary/aromatic N) is 1. The van der Waals surface area contributed by atoms with Crippen molar-refractivity contribution in [2.75, 3.05) is 6.79 Å². The monoisotopic (exact) mass is 407 g/mol. The van der Waals surface area contributed by atoms with E-state index in [1.54, 1.807) is 18.7 Å². The SMILES string of the molecule is Cc1cc(O)c(C2=Nc3ccccc3S[C@H](c3ccc4c(c3)OCO4)C2)c(=O)o1. The topological polar surface area (TPSA) is 81.3 Å². The van der Waals surface area contributed by atoms with Crippen molar-refractivity contribution < 1.29 is 19.0 Å². The quantitative estimate of drug-likeness (QED) is 0.661. The third-order valence-corrected chi connectivity index (χ3v) is 6.20. The molecule has 3 aromatic rings. The van der Waals surface area contributed by atoms with Crippen LogP contribution < -0.4 is 15.1 Å². The predicted octanol–water partition coefficient (Wildman–Crippen LogP) is 4.74. The van der Waals surface area contributed by atoms with Gasteiger partial charge in [-0.25, -0.2) is 4.79 Å². The summed E-state index contributed by atoms with van der Waals surface area (Å²) < 4.78 is 16.2. The highest BCUT2D eigenvalue weighted by Crippen LogP contribution is 2.47. The molecule has 0 fully saturated rings. The highest BCUT2D eigenvalue weighted by atomic mass is 32.2. The first-order chi connectivity index (χ1) is 14.1. The van der Waals surface area contributed by atoms with Crippen molar-refractivity contribution in [3.05, 3.63) is 75.8 Å². The van der Waals surface area contributed by atoms with Crippen molar-refractivity contribution in [3.63, 3.8) is 0 Å². The number of hydrogen-bond donors (Lipinski definition) is 1. The summed E-state index contributed by atoms with van der Waals surface area (Å²) in [6.45, 7) is 1.84. The van der Waals surface area contributed by atoms with Gasteiger partial charge >= 0.3 is 5.63 Å². The molecule has 146 valence electrons. The molecule has 2 aliphatic heterocycles. The molecule has 6 nitrogen and oxygen atoms in total. The number of rotatable bonds is 2. The summed E-state index contributed by atoms with van der Waals surface area (Å²) in [5, 5.41) is 10.4. The fraction of sp³-hybridized carbons (Fsp3) is 0.182. The summed E-state index contributed by atoms with van der Waals surface area (Å²) >= 11 is 1.66. The molecule has 2 aromatic carbocycles. The number of benzene rings is 2. The van der Waals surface area contributed by atoms with E-state index in [2.05, 4.69) is 0 Å². The van der Waals surface area contributed by atoms with E-state index in [9.17, 15) is 9.90 Å². The molecule has 2 aliphatic rings. The Labute approximate surface area is 170 Å². The highest BCUT2D eigenvalue weighted by Gasteiger charge is 2.27. The second-order valence-corrected chi connectivity index (χ2v) is 8.10. The Balaban J connectivity index is 1.64. The zero-order valence-electron chi connectivity index (χ0n) is 15.5. The number of thioether (sulfide) groups is 1. The van der Waals surface area contributed by atoms with Crippen LogP contribution in [0.3, 0.4) is 0 Å². The van der Waals surface area contributed by atoms with E-state index in [0.29, 0.717) is 23.6 Å². The average Bonchev–Trinajstić information content (AvgIpc) is 3.07. The zero-order valence-corrected chi connectivity index (χ0v) is 16.4. The standard InChI is InChI=1S/C22H17NO5S/c1-12-8-16(24)21(22(25)28-12)15-10-20(29-19-5-3-2-4-14(19)23-15)13-6-7-17-18(9-13)27-11-26-17/h2-9,20,24H,10-11H2,1H3/t20-/m0/s1. The molecule has 1 atom stereocenters. The minimum absolute atomic E-state index is 0.0352. The third-order valence-electron chi connectivity index (χ3n) is 4.88. The summed E-state index contributed by atoms with van der Waals surface area (Å²) in [6, 6.07) is 15.1. The Morgan fingerprint density at radius 1 is 1.10 bits per heavy atom. The maximum atomic E-state index is 12.5. The maximum Gasteiger partial charge on any atom is 0.348 e. The van der Waals surface area contributed by atoms with Gasteiger partial charge in [0.05, 0.1) is 11.4 Å². The summed E-state index contributed by atoms with van der Waals surface area (Å²) in [6.07, 6.45) is 0.445. The Bertz CT molecular complexity index is 1200. The number of hydrogen-bond acceptors (Lipinski definition) is 7. The molecule has 0 spiro atoms. The van der Waals surface area contributed by atoms with E-state index in [0.717, 1.165) is 21.9 Å². The molecule has 29 heavy (non-hydrogen) atoms. The first-order valence-corrected chi connectivity index (χ1v) is 10.0. The van der Waals surface area contributed by atoms with Crippen LogP contribution in [0.25, 0.3) is 0 Å². The first-order valence-electron chi connectivity index (χ1n) is 9.15. The largest absolute Gasteiger partial charge is 0.507 e. The van der Waals surface area contributed by atoms with Crippen molar-refractivity contribution in [3.8, 4) is 17.2 Å². The van der Waals surface area contributed by atoms with Crippen LogP contribution in [0.4, 0.5) is 5.69 Å². The Morgan fingerprint density at radius 2 is 1.93 bits per heavy atom. The van der Waals surface area contributed by atoms with Gasteiger partial charge in [-0.3, -0.25) is 4.99 Å². The molecule has 0 amide bonds. The average molecular weight is 407 g/mol. The van der Waals surface area contributed by atoms with E-state index >= 15 is 0 Å². The van der Waals surface area contributed by atoms with Crippen LogP contribution in [0.1, 0.15) is 28.6 Å². The lowest BCUT2D eigenvalue weighted by Crippen LogP contribution is -2.17. The molecule has 0 bridgehead atoms. The maximum absolute atomic E-state index is 12.5. The molecular formula is C22H17NO5S. The number of aliphatic imine (C=N–C) groups is 1. The van der Waals surface area contributed by atoms with Crippen LogP contribution in [0.15, 0.2) is 67.6 Å². The molecule has 1 N–H and O–H groups in total. The second kappa shape index (κ2) is 7.00. The first kappa shape index (κ1) is 17.9. The van der Waals surface area contributed by atoms with Crippen LogP contribution in [-0.4, -0.2) is 17.6 Å². The Morgan fingerprint density at radius 3 is 2.79 bits per heavy atom. The number of ether oxygens (including phenoxy) is 2. The highest BCUT2D eigenvalue weighted by molar-refractivity contribution is 7.99. The smallest absolute Gasteiger partial charge is 0.348 e. The van der Waals surface area contributed by atoms with E-state index < -0.39 is 5.63 Å². The number of para-hydroxylation sites is 1. The van der Waals surface area contributed by atoms with Crippen molar-refractivity contribution in [1.29, 1.82) is 0 Å².